The average Bonchev–Trinajstić information content (AvgIpc) is 2.53. The van der Waals surface area contributed by atoms with Crippen molar-refractivity contribution in [2.75, 3.05) is 7.11 Å². The first-order chi connectivity index (χ1) is 10.1. The third-order valence-electron chi connectivity index (χ3n) is 3.30. The van der Waals surface area contributed by atoms with Gasteiger partial charge in [0, 0.05) is 12.1 Å². The predicted octanol–water partition coefficient (Wildman–Crippen LogP) is 2.21. The van der Waals surface area contributed by atoms with E-state index in [2.05, 4.69) is 5.32 Å². The summed E-state index contributed by atoms with van der Waals surface area (Å²) in [6.07, 6.45) is 3.39. The molecule has 1 aromatic heterocycles. The average molecular weight is 286 g/mol. The maximum Gasteiger partial charge on any atom is 0.252 e. The van der Waals surface area contributed by atoms with Crippen LogP contribution in [0.3, 0.4) is 0 Å². The lowest BCUT2D eigenvalue weighted by Gasteiger charge is -2.17. The summed E-state index contributed by atoms with van der Waals surface area (Å²) in [6, 6.07) is 10.5. The van der Waals surface area contributed by atoms with Gasteiger partial charge in [0.15, 0.2) is 12.4 Å². The Balaban J connectivity index is 2.10. The minimum Gasteiger partial charge on any atom is -0.619 e. The van der Waals surface area contributed by atoms with Gasteiger partial charge in [0.05, 0.1) is 18.7 Å². The number of hydrogen-bond acceptors (Lipinski definition) is 3. The smallest absolute Gasteiger partial charge is 0.252 e. The Labute approximate surface area is 123 Å². The number of benzene rings is 1. The van der Waals surface area contributed by atoms with Crippen LogP contribution in [0.5, 0.6) is 5.75 Å². The van der Waals surface area contributed by atoms with Crippen molar-refractivity contribution >= 4 is 5.91 Å². The Hall–Kier alpha value is -2.56. The highest BCUT2D eigenvalue weighted by Gasteiger charge is 2.14. The number of amides is 1. The number of pyridine rings is 1. The van der Waals surface area contributed by atoms with E-state index in [0.29, 0.717) is 10.3 Å². The third kappa shape index (κ3) is 3.72. The normalized spacial score (nSPS) is 11.7. The fourth-order valence-corrected chi connectivity index (χ4v) is 2.06. The SMILES string of the molecule is CCC(NC(=O)c1cc[n+]([O-])cc1)c1ccc(OC)cc1. The number of aromatic nitrogens is 1. The Morgan fingerprint density at radius 3 is 2.38 bits per heavy atom. The molecule has 1 N–H and O–H groups in total. The topological polar surface area (TPSA) is 65.3 Å². The Bertz CT molecular complexity index is 594. The molecule has 2 rings (SSSR count). The van der Waals surface area contributed by atoms with Crippen LogP contribution < -0.4 is 14.8 Å². The monoisotopic (exact) mass is 286 g/mol. The first kappa shape index (κ1) is 14.8. The van der Waals surface area contributed by atoms with Crippen molar-refractivity contribution in [3.63, 3.8) is 0 Å². The standard InChI is InChI=1S/C16H18N2O3/c1-3-15(12-4-6-14(21-2)7-5-12)17-16(19)13-8-10-18(20)11-9-13/h4-11,15H,3H2,1-2H3,(H,17,19). The van der Waals surface area contributed by atoms with Gasteiger partial charge >= 0.3 is 0 Å². The quantitative estimate of drug-likeness (QED) is 0.677. The summed E-state index contributed by atoms with van der Waals surface area (Å²) in [4.78, 5) is 12.2. The van der Waals surface area contributed by atoms with Crippen LogP contribution in [-0.2, 0) is 0 Å². The fraction of sp³-hybridized carbons (Fsp3) is 0.250. The molecule has 1 amide bonds. The predicted molar refractivity (Wildman–Crippen MR) is 78.9 cm³/mol. The van der Waals surface area contributed by atoms with Gasteiger partial charge in [-0.25, -0.2) is 0 Å². The van der Waals surface area contributed by atoms with Crippen molar-refractivity contribution in [2.24, 2.45) is 0 Å². The third-order valence-corrected chi connectivity index (χ3v) is 3.30. The Kier molecular flexibility index (Phi) is 4.77. The van der Waals surface area contributed by atoms with E-state index in [4.69, 9.17) is 4.74 Å². The zero-order valence-electron chi connectivity index (χ0n) is 12.1. The first-order valence-corrected chi connectivity index (χ1v) is 6.77. The van der Waals surface area contributed by atoms with Crippen LogP contribution >= 0.6 is 0 Å². The maximum atomic E-state index is 12.2. The molecule has 110 valence electrons. The molecule has 0 aliphatic heterocycles. The highest BCUT2D eigenvalue weighted by atomic mass is 16.5. The number of nitrogens with one attached hydrogen (secondary N) is 1. The molecular formula is C16H18N2O3. The second-order valence-corrected chi connectivity index (χ2v) is 4.65. The van der Waals surface area contributed by atoms with Crippen molar-refractivity contribution in [2.45, 2.75) is 19.4 Å². The summed E-state index contributed by atoms with van der Waals surface area (Å²) >= 11 is 0. The van der Waals surface area contributed by atoms with Crippen molar-refractivity contribution < 1.29 is 14.3 Å². The summed E-state index contributed by atoms with van der Waals surface area (Å²) in [7, 11) is 1.62. The van der Waals surface area contributed by atoms with Gasteiger partial charge in [0.1, 0.15) is 5.75 Å². The molecule has 0 fully saturated rings. The molecule has 0 spiro atoms. The molecule has 2 aromatic rings. The molecule has 1 aromatic carbocycles. The van der Waals surface area contributed by atoms with E-state index in [-0.39, 0.29) is 11.9 Å². The van der Waals surface area contributed by atoms with Gasteiger partial charge in [-0.1, -0.05) is 19.1 Å². The molecule has 5 nitrogen and oxygen atoms in total. The molecule has 0 radical (unpaired) electrons. The van der Waals surface area contributed by atoms with Gasteiger partial charge in [-0.2, -0.15) is 4.73 Å². The van der Waals surface area contributed by atoms with E-state index in [1.807, 2.05) is 31.2 Å². The van der Waals surface area contributed by atoms with Crippen molar-refractivity contribution in [1.82, 2.24) is 5.32 Å². The largest absolute Gasteiger partial charge is 0.619 e. The molecule has 1 unspecified atom stereocenters. The van der Waals surface area contributed by atoms with E-state index < -0.39 is 0 Å². The van der Waals surface area contributed by atoms with E-state index in [1.54, 1.807) is 7.11 Å². The lowest BCUT2D eigenvalue weighted by Crippen LogP contribution is -2.30. The molecule has 0 saturated heterocycles. The van der Waals surface area contributed by atoms with Crippen molar-refractivity contribution in [3.8, 4) is 5.75 Å². The molecule has 0 aliphatic rings. The van der Waals surface area contributed by atoms with Gasteiger partial charge in [-0.15, -0.1) is 0 Å². The summed E-state index contributed by atoms with van der Waals surface area (Å²) < 4.78 is 5.78. The van der Waals surface area contributed by atoms with Crippen LogP contribution in [-0.4, -0.2) is 13.0 Å². The van der Waals surface area contributed by atoms with Gasteiger partial charge in [0.2, 0.25) is 0 Å². The number of carbonyl (C=O) groups excluding carboxylic acids is 1. The molecular weight excluding hydrogens is 268 g/mol. The van der Waals surface area contributed by atoms with E-state index in [0.717, 1.165) is 17.7 Å². The summed E-state index contributed by atoms with van der Waals surface area (Å²) in [6.45, 7) is 2.01. The highest BCUT2D eigenvalue weighted by Crippen LogP contribution is 2.20. The molecule has 0 bridgehead atoms. The van der Waals surface area contributed by atoms with E-state index >= 15 is 0 Å². The van der Waals surface area contributed by atoms with Crippen LogP contribution in [0.4, 0.5) is 0 Å². The molecule has 21 heavy (non-hydrogen) atoms. The van der Waals surface area contributed by atoms with Crippen LogP contribution in [0, 0.1) is 5.21 Å². The summed E-state index contributed by atoms with van der Waals surface area (Å²) in [5.41, 5.74) is 1.48. The number of ether oxygens (including phenoxy) is 1. The highest BCUT2D eigenvalue weighted by molar-refractivity contribution is 5.94. The van der Waals surface area contributed by atoms with Crippen LogP contribution in [0.2, 0.25) is 0 Å². The van der Waals surface area contributed by atoms with Gasteiger partial charge < -0.3 is 15.3 Å². The first-order valence-electron chi connectivity index (χ1n) is 6.77. The van der Waals surface area contributed by atoms with Crippen LogP contribution in [0.15, 0.2) is 48.8 Å². The number of hydrogen-bond donors (Lipinski definition) is 1. The zero-order chi connectivity index (χ0) is 15.2. The molecule has 1 atom stereocenters. The lowest BCUT2D eigenvalue weighted by molar-refractivity contribution is -0.605. The molecule has 5 heteroatoms. The van der Waals surface area contributed by atoms with Crippen LogP contribution in [0.1, 0.15) is 35.3 Å². The van der Waals surface area contributed by atoms with Crippen molar-refractivity contribution in [3.05, 3.63) is 65.1 Å². The fourth-order valence-electron chi connectivity index (χ4n) is 2.06. The number of rotatable bonds is 5. The Morgan fingerprint density at radius 1 is 1.24 bits per heavy atom. The molecule has 0 saturated carbocycles. The Morgan fingerprint density at radius 2 is 1.86 bits per heavy atom. The second-order valence-electron chi connectivity index (χ2n) is 4.65. The number of nitrogens with zero attached hydrogens (tertiary/aromatic N) is 1. The second kappa shape index (κ2) is 6.74. The minimum absolute atomic E-state index is 0.0806. The van der Waals surface area contributed by atoms with E-state index in [9.17, 15) is 10.0 Å². The number of carbonyl (C=O) groups is 1. The maximum absolute atomic E-state index is 12.2. The van der Waals surface area contributed by atoms with Crippen molar-refractivity contribution in [1.29, 1.82) is 0 Å². The minimum atomic E-state index is -0.196. The molecule has 0 aliphatic carbocycles. The van der Waals surface area contributed by atoms with Gasteiger partial charge in [-0.05, 0) is 24.1 Å². The lowest BCUT2D eigenvalue weighted by atomic mass is 10.0. The zero-order valence-corrected chi connectivity index (χ0v) is 12.1. The molecule has 1 heterocycles. The number of methoxy groups -OCH3 is 1. The van der Waals surface area contributed by atoms with Crippen LogP contribution in [0.25, 0.3) is 0 Å². The summed E-state index contributed by atoms with van der Waals surface area (Å²) in [5, 5.41) is 13.9. The van der Waals surface area contributed by atoms with E-state index in [1.165, 1.54) is 24.5 Å². The van der Waals surface area contributed by atoms with Gasteiger partial charge in [-0.3, -0.25) is 4.79 Å². The summed E-state index contributed by atoms with van der Waals surface area (Å²) in [5.74, 6) is 0.584. The van der Waals surface area contributed by atoms with Gasteiger partial charge in [0.25, 0.3) is 5.91 Å².